The van der Waals surface area contributed by atoms with Crippen molar-refractivity contribution in [1.82, 2.24) is 10.0 Å². The molecule has 11 heteroatoms. The van der Waals surface area contributed by atoms with E-state index in [0.29, 0.717) is 24.5 Å². The zero-order chi connectivity index (χ0) is 27.8. The molecule has 0 aliphatic heterocycles. The number of nitrogens with two attached hydrogens (primary N) is 1. The SMILES string of the molecule is CS(=O)(=O)NC(=O)c1ccc(-c2ccc(CCNC[C@@H](O)c3cccc(N)c3)cc2)cc1OC1CCCCC1.Cl.Cl. The highest BCUT2D eigenvalue weighted by atomic mass is 35.5. The van der Waals surface area contributed by atoms with Gasteiger partial charge in [-0.15, -0.1) is 24.8 Å². The van der Waals surface area contributed by atoms with Crippen LogP contribution in [0.4, 0.5) is 5.69 Å². The van der Waals surface area contributed by atoms with Gasteiger partial charge in [-0.1, -0.05) is 48.9 Å². The number of carbonyl (C=O) groups is 1. The van der Waals surface area contributed by atoms with Crippen LogP contribution in [0.15, 0.2) is 66.7 Å². The second-order valence-corrected chi connectivity index (χ2v) is 11.9. The Labute approximate surface area is 254 Å². The van der Waals surface area contributed by atoms with Crippen molar-refractivity contribution in [3.63, 3.8) is 0 Å². The molecule has 1 aliphatic rings. The van der Waals surface area contributed by atoms with Crippen molar-refractivity contribution >= 4 is 46.4 Å². The van der Waals surface area contributed by atoms with Gasteiger partial charge in [0.05, 0.1) is 24.0 Å². The van der Waals surface area contributed by atoms with Crippen molar-refractivity contribution in [3.05, 3.63) is 83.4 Å². The fraction of sp³-hybridized carbons (Fsp3) is 0.367. The van der Waals surface area contributed by atoms with Gasteiger partial charge in [0.2, 0.25) is 10.0 Å². The average molecular weight is 625 g/mol. The molecule has 1 atom stereocenters. The van der Waals surface area contributed by atoms with Crippen LogP contribution in [0.2, 0.25) is 0 Å². The van der Waals surface area contributed by atoms with E-state index < -0.39 is 22.0 Å². The lowest BCUT2D eigenvalue weighted by molar-refractivity contribution is 0.0969. The summed E-state index contributed by atoms with van der Waals surface area (Å²) >= 11 is 0. The number of halogens is 2. The summed E-state index contributed by atoms with van der Waals surface area (Å²) in [7, 11) is -3.70. The van der Waals surface area contributed by atoms with Crippen molar-refractivity contribution in [2.45, 2.75) is 50.7 Å². The molecule has 1 aliphatic carbocycles. The molecule has 224 valence electrons. The number of benzene rings is 3. The van der Waals surface area contributed by atoms with Crippen LogP contribution in [-0.4, -0.2) is 44.9 Å². The third-order valence-corrected chi connectivity index (χ3v) is 7.42. The quantitative estimate of drug-likeness (QED) is 0.174. The highest BCUT2D eigenvalue weighted by Gasteiger charge is 2.21. The standard InChI is InChI=1S/C30H37N3O5S.2ClH/c1-39(36,37)33-30(35)27-15-14-23(19-29(27)38-26-8-3-2-4-9-26)22-12-10-21(11-13-22)16-17-32-20-28(34)24-6-5-7-25(31)18-24;;/h5-7,10-15,18-19,26,28,32,34H,2-4,8-9,16-17,20,31H2,1H3,(H,33,35);2*1H/t28-;;/m1../s1. The van der Waals surface area contributed by atoms with Crippen LogP contribution >= 0.6 is 24.8 Å². The zero-order valence-electron chi connectivity index (χ0n) is 23.0. The first kappa shape index (κ1) is 34.4. The number of aliphatic hydroxyl groups is 1. The molecule has 0 spiro atoms. The van der Waals surface area contributed by atoms with Gasteiger partial charge in [-0.05, 0) is 85.2 Å². The van der Waals surface area contributed by atoms with Crippen LogP contribution < -0.4 is 20.5 Å². The van der Waals surface area contributed by atoms with Gasteiger partial charge in [0.1, 0.15) is 5.75 Å². The van der Waals surface area contributed by atoms with Crippen LogP contribution in [0.5, 0.6) is 5.75 Å². The Morgan fingerprint density at radius 3 is 2.34 bits per heavy atom. The van der Waals surface area contributed by atoms with Crippen LogP contribution in [0.1, 0.15) is 59.7 Å². The minimum Gasteiger partial charge on any atom is -0.490 e. The number of hydrogen-bond donors (Lipinski definition) is 4. The first-order chi connectivity index (χ1) is 18.7. The molecule has 3 aromatic carbocycles. The van der Waals surface area contributed by atoms with Crippen molar-refractivity contribution in [2.75, 3.05) is 25.1 Å². The fourth-order valence-electron chi connectivity index (χ4n) is 4.79. The number of rotatable bonds is 11. The van der Waals surface area contributed by atoms with Crippen LogP contribution in [-0.2, 0) is 16.4 Å². The molecule has 1 saturated carbocycles. The fourth-order valence-corrected chi connectivity index (χ4v) is 5.24. The predicted octanol–water partition coefficient (Wildman–Crippen LogP) is 5.05. The maximum atomic E-state index is 12.7. The number of anilines is 1. The number of amides is 1. The normalized spacial score (nSPS) is 14.3. The van der Waals surface area contributed by atoms with Crippen molar-refractivity contribution < 1.29 is 23.1 Å². The van der Waals surface area contributed by atoms with Crippen LogP contribution in [0.3, 0.4) is 0 Å². The van der Waals surface area contributed by atoms with Crippen LogP contribution in [0.25, 0.3) is 11.1 Å². The first-order valence-electron chi connectivity index (χ1n) is 13.3. The Kier molecular flexibility index (Phi) is 13.4. The largest absolute Gasteiger partial charge is 0.490 e. The van der Waals surface area contributed by atoms with Gasteiger partial charge in [0.25, 0.3) is 5.91 Å². The number of aliphatic hydroxyl groups excluding tert-OH is 1. The van der Waals surface area contributed by atoms with Gasteiger partial charge in [0.15, 0.2) is 0 Å². The molecule has 41 heavy (non-hydrogen) atoms. The monoisotopic (exact) mass is 623 g/mol. The lowest BCUT2D eigenvalue weighted by atomic mass is 9.97. The summed E-state index contributed by atoms with van der Waals surface area (Å²) < 4.78 is 31.6. The topological polar surface area (TPSA) is 131 Å². The molecule has 0 saturated heterocycles. The molecule has 8 nitrogen and oxygen atoms in total. The van der Waals surface area contributed by atoms with E-state index in [1.807, 2.05) is 35.1 Å². The number of nitrogen functional groups attached to an aromatic ring is 1. The van der Waals surface area contributed by atoms with E-state index in [0.717, 1.165) is 60.6 Å². The molecule has 4 rings (SSSR count). The summed E-state index contributed by atoms with van der Waals surface area (Å²) in [6, 6.07) is 20.7. The molecular weight excluding hydrogens is 585 g/mol. The third-order valence-electron chi connectivity index (χ3n) is 6.86. The van der Waals surface area contributed by atoms with Crippen LogP contribution in [0, 0.1) is 0 Å². The lowest BCUT2D eigenvalue weighted by Crippen LogP contribution is -2.30. The average Bonchev–Trinajstić information content (AvgIpc) is 2.91. The van der Waals surface area contributed by atoms with E-state index in [-0.39, 0.29) is 36.5 Å². The van der Waals surface area contributed by atoms with Crippen molar-refractivity contribution in [2.24, 2.45) is 0 Å². The molecule has 0 unspecified atom stereocenters. The Morgan fingerprint density at radius 2 is 1.68 bits per heavy atom. The van der Waals surface area contributed by atoms with E-state index in [2.05, 4.69) is 17.4 Å². The van der Waals surface area contributed by atoms with E-state index in [1.54, 1.807) is 24.3 Å². The maximum Gasteiger partial charge on any atom is 0.268 e. The molecule has 1 fully saturated rings. The summed E-state index contributed by atoms with van der Waals surface area (Å²) in [5.74, 6) is -0.300. The molecular formula is C30H39Cl2N3O5S. The molecule has 1 amide bonds. The molecule has 0 heterocycles. The van der Waals surface area contributed by atoms with Gasteiger partial charge < -0.3 is 20.9 Å². The molecule has 0 aromatic heterocycles. The number of nitrogens with one attached hydrogen (secondary N) is 2. The summed E-state index contributed by atoms with van der Waals surface area (Å²) in [6.45, 7) is 1.15. The third kappa shape index (κ3) is 10.5. The number of sulfonamides is 1. The Bertz CT molecular complexity index is 1380. The Morgan fingerprint density at radius 1 is 1.00 bits per heavy atom. The second-order valence-electron chi connectivity index (χ2n) is 10.1. The predicted molar refractivity (Wildman–Crippen MR) is 169 cm³/mol. The number of carbonyl (C=O) groups excluding carboxylic acids is 1. The van der Waals surface area contributed by atoms with E-state index in [4.69, 9.17) is 10.5 Å². The lowest BCUT2D eigenvalue weighted by Gasteiger charge is -2.24. The smallest absolute Gasteiger partial charge is 0.268 e. The van der Waals surface area contributed by atoms with Crippen molar-refractivity contribution in [3.8, 4) is 16.9 Å². The summed E-state index contributed by atoms with van der Waals surface area (Å²) in [5, 5.41) is 13.6. The van der Waals surface area contributed by atoms with E-state index in [9.17, 15) is 18.3 Å². The highest BCUT2D eigenvalue weighted by molar-refractivity contribution is 7.89. The summed E-state index contributed by atoms with van der Waals surface area (Å²) in [5.41, 5.74) is 10.4. The van der Waals surface area contributed by atoms with Gasteiger partial charge in [-0.2, -0.15) is 0 Å². The first-order valence-corrected chi connectivity index (χ1v) is 15.2. The Balaban J connectivity index is 0.00000294. The molecule has 3 aromatic rings. The van der Waals surface area contributed by atoms with Gasteiger partial charge in [-0.3, -0.25) is 4.79 Å². The maximum absolute atomic E-state index is 12.7. The number of hydrogen-bond acceptors (Lipinski definition) is 7. The number of ether oxygens (including phenoxy) is 1. The van der Waals surface area contributed by atoms with E-state index >= 15 is 0 Å². The van der Waals surface area contributed by atoms with Gasteiger partial charge in [0, 0.05) is 12.2 Å². The highest BCUT2D eigenvalue weighted by Crippen LogP contribution is 2.31. The van der Waals surface area contributed by atoms with Gasteiger partial charge in [-0.25, -0.2) is 13.1 Å². The van der Waals surface area contributed by atoms with Gasteiger partial charge >= 0.3 is 0 Å². The van der Waals surface area contributed by atoms with Crippen molar-refractivity contribution in [1.29, 1.82) is 0 Å². The molecule has 5 N–H and O–H groups in total. The zero-order valence-corrected chi connectivity index (χ0v) is 25.5. The summed E-state index contributed by atoms with van der Waals surface area (Å²) in [4.78, 5) is 12.7. The Hall–Kier alpha value is -2.82. The summed E-state index contributed by atoms with van der Waals surface area (Å²) in [6.07, 6.45) is 6.29. The minimum atomic E-state index is -3.70. The second kappa shape index (κ2) is 16.0. The molecule has 0 radical (unpaired) electrons. The van der Waals surface area contributed by atoms with E-state index in [1.165, 1.54) is 6.42 Å². The molecule has 0 bridgehead atoms. The minimum absolute atomic E-state index is 0.